The lowest BCUT2D eigenvalue weighted by Gasteiger charge is -2.08. The third-order valence-corrected chi connectivity index (χ3v) is 2.62. The fourth-order valence-electron chi connectivity index (χ4n) is 1.38. The van der Waals surface area contributed by atoms with Gasteiger partial charge < -0.3 is 4.74 Å². The maximum atomic E-state index is 8.58. The first-order valence-corrected chi connectivity index (χ1v) is 6.12. The molecule has 21 heavy (non-hydrogen) atoms. The van der Waals surface area contributed by atoms with Gasteiger partial charge in [0.25, 0.3) is 0 Å². The van der Waals surface area contributed by atoms with Crippen LogP contribution in [-0.2, 0) is 0 Å². The Balaban J connectivity index is 2.13. The van der Waals surface area contributed by atoms with Crippen LogP contribution in [-0.4, -0.2) is 10.7 Å². The number of anilines is 1. The summed E-state index contributed by atoms with van der Waals surface area (Å²) in [5.41, 5.74) is 2.72. The van der Waals surface area contributed by atoms with Crippen molar-refractivity contribution >= 4 is 23.0 Å². The zero-order valence-electron chi connectivity index (χ0n) is 10.6. The molecule has 0 fully saturated rings. The lowest BCUT2D eigenvalue weighted by molar-refractivity contribution is 0.480. The molecule has 6 nitrogen and oxygen atoms in total. The van der Waals surface area contributed by atoms with Crippen LogP contribution in [0, 0.1) is 22.7 Å². The molecule has 7 heteroatoms. The van der Waals surface area contributed by atoms with Gasteiger partial charge in [-0.1, -0.05) is 11.6 Å². The lowest BCUT2D eigenvalue weighted by atomic mass is 10.3. The molecule has 0 aliphatic rings. The van der Waals surface area contributed by atoms with Crippen LogP contribution in [0.3, 0.4) is 0 Å². The predicted octanol–water partition coefficient (Wildman–Crippen LogP) is 3.34. The van der Waals surface area contributed by atoms with Gasteiger partial charge in [0, 0.05) is 12.3 Å². The summed E-state index contributed by atoms with van der Waals surface area (Å²) in [6, 6.07) is 11.7. The smallest absolute Gasteiger partial charge is 0.237 e. The number of nitrogens with one attached hydrogen (secondary N) is 1. The zero-order valence-corrected chi connectivity index (χ0v) is 11.4. The number of benzene rings is 1. The predicted molar refractivity (Wildman–Crippen MR) is 78.0 cm³/mol. The molecule has 2 rings (SSSR count). The Bertz CT molecular complexity index is 730. The molecule has 0 atom stereocenters. The molecule has 1 N–H and O–H groups in total. The molecule has 1 heterocycles. The van der Waals surface area contributed by atoms with Crippen molar-refractivity contribution in [2.75, 3.05) is 5.43 Å². The highest BCUT2D eigenvalue weighted by Gasteiger charge is 2.04. The highest BCUT2D eigenvalue weighted by Crippen LogP contribution is 2.29. The summed E-state index contributed by atoms with van der Waals surface area (Å²) in [4.78, 5) is 3.94. The summed E-state index contributed by atoms with van der Waals surface area (Å²) in [7, 11) is 0. The van der Waals surface area contributed by atoms with Crippen molar-refractivity contribution < 1.29 is 4.74 Å². The largest absolute Gasteiger partial charge is 0.456 e. The van der Waals surface area contributed by atoms with E-state index in [0.29, 0.717) is 22.2 Å². The van der Waals surface area contributed by atoms with Crippen molar-refractivity contribution in [3.8, 4) is 23.6 Å². The van der Waals surface area contributed by atoms with Gasteiger partial charge in [-0.3, -0.25) is 10.4 Å². The Labute approximate surface area is 125 Å². The summed E-state index contributed by atoms with van der Waals surface area (Å²) in [5.74, 6) is 1.12. The number of hydrogen-bond acceptors (Lipinski definition) is 6. The molecule has 0 aliphatic carbocycles. The minimum atomic E-state index is -0.290. The Morgan fingerprint density at radius 2 is 2.05 bits per heavy atom. The summed E-state index contributed by atoms with van der Waals surface area (Å²) in [6.07, 6.45) is 3.23. The highest BCUT2D eigenvalue weighted by atomic mass is 35.5. The van der Waals surface area contributed by atoms with E-state index in [1.54, 1.807) is 54.9 Å². The maximum Gasteiger partial charge on any atom is 0.237 e. The van der Waals surface area contributed by atoms with Crippen LogP contribution >= 0.6 is 11.6 Å². The number of hydrazone groups is 1. The van der Waals surface area contributed by atoms with Gasteiger partial charge in [-0.05, 0) is 24.3 Å². The molecule has 0 aliphatic heterocycles. The van der Waals surface area contributed by atoms with E-state index in [2.05, 4.69) is 15.5 Å². The van der Waals surface area contributed by atoms with E-state index < -0.39 is 0 Å². The lowest BCUT2D eigenvalue weighted by Crippen LogP contribution is -1.97. The maximum absolute atomic E-state index is 8.58. The van der Waals surface area contributed by atoms with Gasteiger partial charge in [-0.15, -0.1) is 0 Å². The van der Waals surface area contributed by atoms with Crippen molar-refractivity contribution in [2.45, 2.75) is 0 Å². The van der Waals surface area contributed by atoms with Gasteiger partial charge >= 0.3 is 0 Å². The normalized spacial score (nSPS) is 9.10. The van der Waals surface area contributed by atoms with E-state index in [0.717, 1.165) is 0 Å². The van der Waals surface area contributed by atoms with Crippen molar-refractivity contribution in [1.29, 1.82) is 10.5 Å². The van der Waals surface area contributed by atoms with E-state index in [-0.39, 0.29) is 5.71 Å². The summed E-state index contributed by atoms with van der Waals surface area (Å²) in [6.45, 7) is 0. The SMILES string of the molecule is N#CC(C#N)=NNc1ccc(Oc2cccnc2)cc1Cl. The minimum Gasteiger partial charge on any atom is -0.456 e. The first-order chi connectivity index (χ1) is 10.2. The molecule has 0 amide bonds. The molecule has 0 unspecified atom stereocenters. The molecule has 1 aromatic heterocycles. The van der Waals surface area contributed by atoms with Gasteiger partial charge in [0.15, 0.2) is 0 Å². The van der Waals surface area contributed by atoms with E-state index in [1.807, 2.05) is 0 Å². The molecule has 0 spiro atoms. The van der Waals surface area contributed by atoms with Crippen molar-refractivity contribution in [3.63, 3.8) is 0 Å². The Morgan fingerprint density at radius 3 is 2.67 bits per heavy atom. The van der Waals surface area contributed by atoms with Gasteiger partial charge in [0.2, 0.25) is 5.71 Å². The second-order valence-electron chi connectivity index (χ2n) is 3.73. The highest BCUT2D eigenvalue weighted by molar-refractivity contribution is 6.33. The standard InChI is InChI=1S/C14H8ClN5O/c15-13-6-11(21-12-2-1-5-18-9-12)3-4-14(13)20-19-10(7-16)8-17/h1-6,9,20H. The number of pyridine rings is 1. The number of halogens is 1. The molecular formula is C14H8ClN5O. The molecule has 2 aromatic rings. The van der Waals surface area contributed by atoms with Crippen molar-refractivity contribution in [1.82, 2.24) is 4.98 Å². The summed E-state index contributed by atoms with van der Waals surface area (Å²) in [5, 5.41) is 21.1. The van der Waals surface area contributed by atoms with Gasteiger partial charge in [-0.2, -0.15) is 15.6 Å². The van der Waals surface area contributed by atoms with Crippen LogP contribution in [0.4, 0.5) is 5.69 Å². The Hall–Kier alpha value is -3.09. The molecule has 1 aromatic carbocycles. The number of rotatable bonds is 4. The number of nitriles is 2. The van der Waals surface area contributed by atoms with Gasteiger partial charge in [-0.25, -0.2) is 0 Å². The zero-order chi connectivity index (χ0) is 15.1. The van der Waals surface area contributed by atoms with Gasteiger partial charge in [0.1, 0.15) is 23.6 Å². The molecular weight excluding hydrogens is 290 g/mol. The van der Waals surface area contributed by atoms with Crippen LogP contribution in [0.5, 0.6) is 11.5 Å². The van der Waals surface area contributed by atoms with Crippen molar-refractivity contribution in [3.05, 3.63) is 47.7 Å². The minimum absolute atomic E-state index is 0.290. The molecule has 0 saturated heterocycles. The Kier molecular flexibility index (Phi) is 4.70. The molecule has 0 radical (unpaired) electrons. The summed E-state index contributed by atoms with van der Waals surface area (Å²) < 4.78 is 5.57. The van der Waals surface area contributed by atoms with E-state index >= 15 is 0 Å². The summed E-state index contributed by atoms with van der Waals surface area (Å²) >= 11 is 6.07. The number of ether oxygens (including phenoxy) is 1. The van der Waals surface area contributed by atoms with Crippen LogP contribution in [0.25, 0.3) is 0 Å². The third kappa shape index (κ3) is 3.93. The number of aromatic nitrogens is 1. The van der Waals surface area contributed by atoms with E-state index in [4.69, 9.17) is 26.9 Å². The molecule has 0 saturated carbocycles. The van der Waals surface area contributed by atoms with E-state index in [1.165, 1.54) is 0 Å². The van der Waals surface area contributed by atoms with E-state index in [9.17, 15) is 0 Å². The average molecular weight is 298 g/mol. The topological polar surface area (TPSA) is 94.1 Å². The van der Waals surface area contributed by atoms with Crippen LogP contribution in [0.2, 0.25) is 5.02 Å². The molecule has 0 bridgehead atoms. The fraction of sp³-hybridized carbons (Fsp3) is 0. The third-order valence-electron chi connectivity index (χ3n) is 2.31. The quantitative estimate of drug-likeness (QED) is 0.690. The first-order valence-electron chi connectivity index (χ1n) is 5.74. The van der Waals surface area contributed by atoms with Crippen LogP contribution < -0.4 is 10.2 Å². The number of hydrogen-bond donors (Lipinski definition) is 1. The Morgan fingerprint density at radius 1 is 1.24 bits per heavy atom. The number of nitrogens with zero attached hydrogens (tertiary/aromatic N) is 4. The second kappa shape index (κ2) is 6.90. The van der Waals surface area contributed by atoms with Gasteiger partial charge in [0.05, 0.1) is 16.9 Å². The first kappa shape index (κ1) is 14.3. The average Bonchev–Trinajstić information content (AvgIpc) is 2.51. The second-order valence-corrected chi connectivity index (χ2v) is 4.14. The monoisotopic (exact) mass is 297 g/mol. The van der Waals surface area contributed by atoms with Crippen LogP contribution in [0.1, 0.15) is 0 Å². The molecule has 102 valence electrons. The van der Waals surface area contributed by atoms with Crippen molar-refractivity contribution in [2.24, 2.45) is 5.10 Å². The fourth-order valence-corrected chi connectivity index (χ4v) is 1.60. The van der Waals surface area contributed by atoms with Crippen LogP contribution in [0.15, 0.2) is 47.8 Å².